The van der Waals surface area contributed by atoms with Crippen LogP contribution in [0.3, 0.4) is 0 Å². The maximum Gasteiger partial charge on any atom is 0.338 e. The van der Waals surface area contributed by atoms with Crippen LogP contribution in [0.4, 0.5) is 9.52 Å². The van der Waals surface area contributed by atoms with Crippen LogP contribution in [-0.4, -0.2) is 23.5 Å². The highest BCUT2D eigenvalue weighted by molar-refractivity contribution is 7.14. The molecule has 0 spiro atoms. The number of ether oxygens (including phenoxy) is 1. The van der Waals surface area contributed by atoms with Crippen molar-refractivity contribution in [3.8, 4) is 11.3 Å². The molecule has 0 saturated heterocycles. The maximum atomic E-state index is 12.9. The summed E-state index contributed by atoms with van der Waals surface area (Å²) in [4.78, 5) is 28.7. The molecule has 3 rings (SSSR count). The minimum Gasteiger partial charge on any atom is -0.462 e. The van der Waals surface area contributed by atoms with E-state index < -0.39 is 11.8 Å². The van der Waals surface area contributed by atoms with E-state index in [9.17, 15) is 14.0 Å². The van der Waals surface area contributed by atoms with E-state index in [1.807, 2.05) is 0 Å². The topological polar surface area (TPSA) is 68.3 Å². The van der Waals surface area contributed by atoms with Gasteiger partial charge in [0.1, 0.15) is 5.82 Å². The van der Waals surface area contributed by atoms with Gasteiger partial charge in [0.05, 0.1) is 17.9 Å². The van der Waals surface area contributed by atoms with Gasteiger partial charge in [0, 0.05) is 16.5 Å². The third kappa shape index (κ3) is 3.94. The smallest absolute Gasteiger partial charge is 0.338 e. The predicted molar refractivity (Wildman–Crippen MR) is 97.9 cm³/mol. The molecule has 0 aliphatic rings. The molecule has 0 fully saturated rings. The monoisotopic (exact) mass is 370 g/mol. The molecule has 1 aromatic heterocycles. The average Bonchev–Trinajstić information content (AvgIpc) is 3.11. The lowest BCUT2D eigenvalue weighted by molar-refractivity contribution is 0.0527. The van der Waals surface area contributed by atoms with Crippen LogP contribution < -0.4 is 5.32 Å². The van der Waals surface area contributed by atoms with Gasteiger partial charge in [0.15, 0.2) is 5.13 Å². The molecule has 3 aromatic rings. The lowest BCUT2D eigenvalue weighted by Crippen LogP contribution is -2.11. The van der Waals surface area contributed by atoms with E-state index in [0.29, 0.717) is 27.5 Å². The zero-order chi connectivity index (χ0) is 18.5. The normalized spacial score (nSPS) is 10.4. The number of carbonyl (C=O) groups excluding carboxylic acids is 2. The number of carbonyl (C=O) groups is 2. The molecule has 7 heteroatoms. The van der Waals surface area contributed by atoms with Crippen LogP contribution in [-0.2, 0) is 4.74 Å². The first-order chi connectivity index (χ1) is 12.6. The van der Waals surface area contributed by atoms with Crippen molar-refractivity contribution < 1.29 is 18.7 Å². The summed E-state index contributed by atoms with van der Waals surface area (Å²) < 4.78 is 18.0. The van der Waals surface area contributed by atoms with Gasteiger partial charge in [0.2, 0.25) is 0 Å². The SMILES string of the molecule is CCOC(=O)c1ccccc1-c1csc(NC(=O)c2ccc(F)cc2)n1. The van der Waals surface area contributed by atoms with Gasteiger partial charge in [-0.25, -0.2) is 14.2 Å². The summed E-state index contributed by atoms with van der Waals surface area (Å²) in [5.41, 5.74) is 1.93. The Morgan fingerprint density at radius 2 is 1.88 bits per heavy atom. The fourth-order valence-corrected chi connectivity index (χ4v) is 3.02. The predicted octanol–water partition coefficient (Wildman–Crippen LogP) is 4.38. The summed E-state index contributed by atoms with van der Waals surface area (Å²) in [6.45, 7) is 2.02. The molecule has 0 saturated carbocycles. The number of nitrogens with one attached hydrogen (secondary N) is 1. The van der Waals surface area contributed by atoms with Crippen molar-refractivity contribution in [3.05, 3.63) is 70.9 Å². The third-order valence-electron chi connectivity index (χ3n) is 3.53. The van der Waals surface area contributed by atoms with E-state index in [2.05, 4.69) is 10.3 Å². The number of rotatable bonds is 5. The summed E-state index contributed by atoms with van der Waals surface area (Å²) in [5.74, 6) is -1.22. The molecular weight excluding hydrogens is 355 g/mol. The van der Waals surface area contributed by atoms with Gasteiger partial charge in [-0.2, -0.15) is 0 Å². The van der Waals surface area contributed by atoms with Crippen molar-refractivity contribution in [3.63, 3.8) is 0 Å². The van der Waals surface area contributed by atoms with Crippen LogP contribution in [0.5, 0.6) is 0 Å². The lowest BCUT2D eigenvalue weighted by atomic mass is 10.1. The van der Waals surface area contributed by atoms with Crippen molar-refractivity contribution in [1.82, 2.24) is 4.98 Å². The highest BCUT2D eigenvalue weighted by Crippen LogP contribution is 2.28. The summed E-state index contributed by atoms with van der Waals surface area (Å²) in [7, 11) is 0. The van der Waals surface area contributed by atoms with Crippen LogP contribution in [0.15, 0.2) is 53.9 Å². The molecule has 2 aromatic carbocycles. The summed E-state index contributed by atoms with van der Waals surface area (Å²) in [5, 5.41) is 4.80. The molecule has 0 atom stereocenters. The van der Waals surface area contributed by atoms with Crippen LogP contribution in [0.2, 0.25) is 0 Å². The molecule has 5 nitrogen and oxygen atoms in total. The molecule has 132 valence electrons. The number of nitrogens with zero attached hydrogens (tertiary/aromatic N) is 1. The first-order valence-electron chi connectivity index (χ1n) is 7.87. The maximum absolute atomic E-state index is 12.9. The second kappa shape index (κ2) is 7.88. The van der Waals surface area contributed by atoms with Crippen molar-refractivity contribution in [2.75, 3.05) is 11.9 Å². The van der Waals surface area contributed by atoms with Crippen molar-refractivity contribution >= 4 is 28.3 Å². The zero-order valence-electron chi connectivity index (χ0n) is 13.9. The number of halogens is 1. The fraction of sp³-hybridized carbons (Fsp3) is 0.105. The molecule has 1 heterocycles. The van der Waals surface area contributed by atoms with Gasteiger partial charge in [-0.1, -0.05) is 18.2 Å². The number of anilines is 1. The average molecular weight is 370 g/mol. The van der Waals surface area contributed by atoms with Crippen LogP contribution in [0.1, 0.15) is 27.6 Å². The standard InChI is InChI=1S/C19H15FN2O3S/c1-2-25-18(24)15-6-4-3-5-14(15)16-11-26-19(21-16)22-17(23)12-7-9-13(20)10-8-12/h3-11H,2H2,1H3,(H,21,22,23). The van der Waals surface area contributed by atoms with Gasteiger partial charge >= 0.3 is 5.97 Å². The number of hydrogen-bond donors (Lipinski definition) is 1. The number of benzene rings is 2. The van der Waals surface area contributed by atoms with E-state index >= 15 is 0 Å². The highest BCUT2D eigenvalue weighted by atomic mass is 32.1. The Kier molecular flexibility index (Phi) is 5.38. The summed E-state index contributed by atoms with van der Waals surface area (Å²) in [6.07, 6.45) is 0. The number of esters is 1. The quantitative estimate of drug-likeness (QED) is 0.677. The fourth-order valence-electron chi connectivity index (χ4n) is 2.32. The Bertz CT molecular complexity index is 938. The van der Waals surface area contributed by atoms with Crippen LogP contribution in [0, 0.1) is 5.82 Å². The first kappa shape index (κ1) is 17.8. The van der Waals surface area contributed by atoms with E-state index in [1.165, 1.54) is 35.6 Å². The van der Waals surface area contributed by atoms with Gasteiger partial charge in [-0.05, 0) is 37.3 Å². The second-order valence-corrected chi connectivity index (χ2v) is 6.12. The second-order valence-electron chi connectivity index (χ2n) is 5.26. The number of thiazole rings is 1. The summed E-state index contributed by atoms with van der Waals surface area (Å²) >= 11 is 1.24. The highest BCUT2D eigenvalue weighted by Gasteiger charge is 2.16. The number of hydrogen-bond acceptors (Lipinski definition) is 5. The molecule has 0 radical (unpaired) electrons. The zero-order valence-corrected chi connectivity index (χ0v) is 14.7. The number of aromatic nitrogens is 1. The van der Waals surface area contributed by atoms with Crippen molar-refractivity contribution in [2.45, 2.75) is 6.92 Å². The van der Waals surface area contributed by atoms with E-state index in [0.717, 1.165) is 0 Å². The summed E-state index contributed by atoms with van der Waals surface area (Å²) in [6, 6.07) is 12.2. The third-order valence-corrected chi connectivity index (χ3v) is 4.29. The molecule has 1 amide bonds. The Morgan fingerprint density at radius 3 is 2.62 bits per heavy atom. The molecule has 26 heavy (non-hydrogen) atoms. The Morgan fingerprint density at radius 1 is 1.15 bits per heavy atom. The largest absolute Gasteiger partial charge is 0.462 e. The van der Waals surface area contributed by atoms with Gasteiger partial charge in [-0.15, -0.1) is 11.3 Å². The van der Waals surface area contributed by atoms with E-state index in [1.54, 1.807) is 36.6 Å². The molecular formula is C19H15FN2O3S. The van der Waals surface area contributed by atoms with Gasteiger partial charge in [-0.3, -0.25) is 10.1 Å². The molecule has 0 bridgehead atoms. The lowest BCUT2D eigenvalue weighted by Gasteiger charge is -2.06. The molecule has 0 aliphatic carbocycles. The Balaban J connectivity index is 1.81. The number of amides is 1. The van der Waals surface area contributed by atoms with E-state index in [4.69, 9.17) is 4.74 Å². The van der Waals surface area contributed by atoms with Crippen molar-refractivity contribution in [2.24, 2.45) is 0 Å². The Labute approximate surface area is 153 Å². The van der Waals surface area contributed by atoms with E-state index in [-0.39, 0.29) is 12.5 Å². The first-order valence-corrected chi connectivity index (χ1v) is 8.75. The molecule has 1 N–H and O–H groups in total. The minimum atomic E-state index is -0.423. The van der Waals surface area contributed by atoms with Crippen molar-refractivity contribution in [1.29, 1.82) is 0 Å². The van der Waals surface area contributed by atoms with Gasteiger partial charge in [0.25, 0.3) is 5.91 Å². The van der Waals surface area contributed by atoms with Gasteiger partial charge < -0.3 is 4.74 Å². The molecule has 0 aliphatic heterocycles. The van der Waals surface area contributed by atoms with Crippen LogP contribution in [0.25, 0.3) is 11.3 Å². The molecule has 0 unspecified atom stereocenters. The Hall–Kier alpha value is -3.06. The minimum absolute atomic E-state index is 0.281. The van der Waals surface area contributed by atoms with Crippen LogP contribution >= 0.6 is 11.3 Å².